The summed E-state index contributed by atoms with van der Waals surface area (Å²) in [7, 11) is 2.27. The van der Waals surface area contributed by atoms with Gasteiger partial charge in [0.2, 0.25) is 0 Å². The monoisotopic (exact) mass is 208 g/mol. The topological polar surface area (TPSA) is 24.5 Å². The Balaban J connectivity index is 1.53. The molecule has 0 bridgehead atoms. The predicted octanol–water partition coefficient (Wildman–Crippen LogP) is 0.317. The molecule has 4 aliphatic rings. The molecule has 2 heterocycles. The van der Waals surface area contributed by atoms with Gasteiger partial charge < -0.3 is 15.0 Å². The van der Waals surface area contributed by atoms with Crippen LogP contribution in [0.25, 0.3) is 0 Å². The molecule has 1 spiro atoms. The van der Waals surface area contributed by atoms with Gasteiger partial charge in [-0.2, -0.15) is 0 Å². The first-order chi connectivity index (χ1) is 7.25. The number of hydrogen-bond acceptors (Lipinski definition) is 3. The molecule has 84 valence electrons. The van der Waals surface area contributed by atoms with Crippen LogP contribution in [0.15, 0.2) is 0 Å². The van der Waals surface area contributed by atoms with Gasteiger partial charge in [-0.1, -0.05) is 0 Å². The number of morpholine rings is 1. The van der Waals surface area contributed by atoms with Gasteiger partial charge >= 0.3 is 0 Å². The van der Waals surface area contributed by atoms with Crippen molar-refractivity contribution in [3.63, 3.8) is 0 Å². The quantitative estimate of drug-likeness (QED) is 0.671. The molecule has 4 rings (SSSR count). The summed E-state index contributed by atoms with van der Waals surface area (Å²) in [6, 6.07) is 0. The maximum atomic E-state index is 6.05. The number of ether oxygens (including phenoxy) is 1. The van der Waals surface area contributed by atoms with Gasteiger partial charge in [-0.05, 0) is 37.1 Å². The summed E-state index contributed by atoms with van der Waals surface area (Å²) in [5.41, 5.74) is 0.936. The number of fused-ring (bicyclic) bond motifs is 1. The molecule has 2 saturated carbocycles. The molecule has 15 heavy (non-hydrogen) atoms. The van der Waals surface area contributed by atoms with Crippen LogP contribution in [-0.4, -0.2) is 50.3 Å². The van der Waals surface area contributed by atoms with Gasteiger partial charge in [0.25, 0.3) is 0 Å². The zero-order chi connectivity index (χ0) is 10.1. The molecule has 0 amide bonds. The van der Waals surface area contributed by atoms with E-state index in [1.807, 2.05) is 0 Å². The predicted molar refractivity (Wildman–Crippen MR) is 57.7 cm³/mol. The van der Waals surface area contributed by atoms with Crippen molar-refractivity contribution in [3.8, 4) is 0 Å². The summed E-state index contributed by atoms with van der Waals surface area (Å²) < 4.78 is 6.05. The lowest BCUT2D eigenvalue weighted by Gasteiger charge is -2.27. The first kappa shape index (κ1) is 8.97. The largest absolute Gasteiger partial charge is 0.372 e. The number of nitrogens with one attached hydrogen (secondary N) is 1. The Morgan fingerprint density at radius 3 is 3.00 bits per heavy atom. The van der Waals surface area contributed by atoms with Crippen molar-refractivity contribution in [2.75, 3.05) is 39.8 Å². The van der Waals surface area contributed by atoms with Gasteiger partial charge in [0.15, 0.2) is 0 Å². The highest BCUT2D eigenvalue weighted by Crippen LogP contribution is 2.72. The lowest BCUT2D eigenvalue weighted by molar-refractivity contribution is -0.0119. The molecule has 2 aliphatic carbocycles. The number of nitrogens with zero attached hydrogens (tertiary/aromatic N) is 1. The van der Waals surface area contributed by atoms with Crippen LogP contribution in [0.5, 0.6) is 0 Å². The van der Waals surface area contributed by atoms with Gasteiger partial charge in [-0.15, -0.1) is 0 Å². The van der Waals surface area contributed by atoms with Crippen LogP contribution < -0.4 is 5.32 Å². The van der Waals surface area contributed by atoms with Crippen LogP contribution in [0.1, 0.15) is 12.8 Å². The van der Waals surface area contributed by atoms with Crippen molar-refractivity contribution in [1.82, 2.24) is 10.2 Å². The zero-order valence-corrected chi connectivity index (χ0v) is 9.46. The summed E-state index contributed by atoms with van der Waals surface area (Å²) in [5, 5.41) is 3.50. The second kappa shape index (κ2) is 2.58. The number of piperidine rings is 1. The first-order valence-electron chi connectivity index (χ1n) is 6.28. The number of likely N-dealkylation sites (tertiary alicyclic amines) is 1. The summed E-state index contributed by atoms with van der Waals surface area (Å²) in [6.07, 6.45) is 2.80. The van der Waals surface area contributed by atoms with Crippen LogP contribution in [0, 0.1) is 17.3 Å². The van der Waals surface area contributed by atoms with Crippen molar-refractivity contribution >= 4 is 0 Å². The van der Waals surface area contributed by atoms with Crippen molar-refractivity contribution in [1.29, 1.82) is 0 Å². The van der Waals surface area contributed by atoms with E-state index in [1.54, 1.807) is 0 Å². The standard InChI is InChI=1S/C12H20N2O/c1-14-6-9-4-11(9,8-14)10-5-12(10)7-13-2-3-15-12/h9-10,13H,2-8H2,1H3. The van der Waals surface area contributed by atoms with Crippen LogP contribution in [0.2, 0.25) is 0 Å². The molecule has 4 atom stereocenters. The highest BCUT2D eigenvalue weighted by Gasteiger charge is 2.74. The lowest BCUT2D eigenvalue weighted by atomic mass is 9.96. The van der Waals surface area contributed by atoms with E-state index in [2.05, 4.69) is 17.3 Å². The Labute approximate surface area is 91.2 Å². The molecule has 4 unspecified atom stereocenters. The second-order valence-electron chi connectivity index (χ2n) is 6.18. The summed E-state index contributed by atoms with van der Waals surface area (Å²) >= 11 is 0. The van der Waals surface area contributed by atoms with E-state index >= 15 is 0 Å². The molecular weight excluding hydrogens is 188 g/mol. The number of rotatable bonds is 1. The Morgan fingerprint density at radius 2 is 2.33 bits per heavy atom. The van der Waals surface area contributed by atoms with Gasteiger partial charge in [0, 0.05) is 26.2 Å². The van der Waals surface area contributed by atoms with Gasteiger partial charge in [-0.3, -0.25) is 0 Å². The third-order valence-corrected chi connectivity index (χ3v) is 5.19. The Bertz CT molecular complexity index is 300. The van der Waals surface area contributed by atoms with Crippen LogP contribution >= 0.6 is 0 Å². The first-order valence-corrected chi connectivity index (χ1v) is 6.28. The molecule has 0 aromatic rings. The fourth-order valence-corrected chi connectivity index (χ4v) is 4.37. The van der Waals surface area contributed by atoms with E-state index in [0.29, 0.717) is 5.41 Å². The molecule has 1 N–H and O–H groups in total. The van der Waals surface area contributed by atoms with Gasteiger partial charge in [-0.25, -0.2) is 0 Å². The highest BCUT2D eigenvalue weighted by molar-refractivity contribution is 5.25. The molecular formula is C12H20N2O. The van der Waals surface area contributed by atoms with Gasteiger partial charge in [0.1, 0.15) is 0 Å². The third-order valence-electron chi connectivity index (χ3n) is 5.19. The number of hydrogen-bond donors (Lipinski definition) is 1. The van der Waals surface area contributed by atoms with Crippen LogP contribution in [0.3, 0.4) is 0 Å². The molecule has 4 fully saturated rings. The molecule has 2 aliphatic heterocycles. The molecule has 3 nitrogen and oxygen atoms in total. The van der Waals surface area contributed by atoms with E-state index in [1.165, 1.54) is 25.9 Å². The molecule has 0 radical (unpaired) electrons. The van der Waals surface area contributed by atoms with E-state index in [-0.39, 0.29) is 5.60 Å². The second-order valence-corrected chi connectivity index (χ2v) is 6.18. The average Bonchev–Trinajstić information content (AvgIpc) is 3.07. The smallest absolute Gasteiger partial charge is 0.0845 e. The minimum atomic E-state index is 0.262. The van der Waals surface area contributed by atoms with Gasteiger partial charge in [0.05, 0.1) is 12.2 Å². The SMILES string of the molecule is CN1CC2CC2(C2CC23CNCCO3)C1. The fourth-order valence-electron chi connectivity index (χ4n) is 4.37. The minimum Gasteiger partial charge on any atom is -0.372 e. The third kappa shape index (κ3) is 1.07. The maximum absolute atomic E-state index is 6.05. The Kier molecular flexibility index (Phi) is 1.54. The molecule has 0 aromatic heterocycles. The lowest BCUT2D eigenvalue weighted by Crippen LogP contribution is -2.43. The normalized spacial score (nSPS) is 58.2. The van der Waals surface area contributed by atoms with Crippen LogP contribution in [-0.2, 0) is 4.74 Å². The minimum absolute atomic E-state index is 0.262. The summed E-state index contributed by atoms with van der Waals surface area (Å²) in [5.74, 6) is 1.87. The Hall–Kier alpha value is -0.120. The van der Waals surface area contributed by atoms with Crippen molar-refractivity contribution in [2.24, 2.45) is 17.3 Å². The Morgan fingerprint density at radius 1 is 1.40 bits per heavy atom. The average molecular weight is 208 g/mol. The van der Waals surface area contributed by atoms with E-state index < -0.39 is 0 Å². The maximum Gasteiger partial charge on any atom is 0.0845 e. The van der Waals surface area contributed by atoms with Crippen molar-refractivity contribution in [3.05, 3.63) is 0 Å². The van der Waals surface area contributed by atoms with Crippen molar-refractivity contribution in [2.45, 2.75) is 18.4 Å². The zero-order valence-electron chi connectivity index (χ0n) is 9.46. The molecule has 0 aromatic carbocycles. The van der Waals surface area contributed by atoms with Crippen LogP contribution in [0.4, 0.5) is 0 Å². The summed E-state index contributed by atoms with van der Waals surface area (Å²) in [6.45, 7) is 5.74. The molecule has 2 saturated heterocycles. The fraction of sp³-hybridized carbons (Fsp3) is 1.00. The highest BCUT2D eigenvalue weighted by atomic mass is 16.5. The van der Waals surface area contributed by atoms with E-state index in [4.69, 9.17) is 4.74 Å². The summed E-state index contributed by atoms with van der Waals surface area (Å²) in [4.78, 5) is 2.51. The van der Waals surface area contributed by atoms with E-state index in [0.717, 1.165) is 31.5 Å². The van der Waals surface area contributed by atoms with Crippen molar-refractivity contribution < 1.29 is 4.74 Å². The molecule has 3 heteroatoms. The van der Waals surface area contributed by atoms with E-state index in [9.17, 15) is 0 Å².